The molecule has 0 bridgehead atoms. The van der Waals surface area contributed by atoms with E-state index in [1.165, 1.54) is 19.3 Å². The van der Waals surface area contributed by atoms with Crippen molar-refractivity contribution in [2.75, 3.05) is 0 Å². The first-order valence-corrected chi connectivity index (χ1v) is 7.36. The summed E-state index contributed by atoms with van der Waals surface area (Å²) in [7, 11) is 0. The van der Waals surface area contributed by atoms with E-state index in [1.54, 1.807) is 0 Å². The molecule has 0 fully saturated rings. The maximum atomic E-state index is 11.5. The summed E-state index contributed by atoms with van der Waals surface area (Å²) in [5.41, 5.74) is 0. The Morgan fingerprint density at radius 2 is 1.52 bits per heavy atom. The second kappa shape index (κ2) is 11.2. The Morgan fingerprint density at radius 1 is 1.05 bits per heavy atom. The summed E-state index contributed by atoms with van der Waals surface area (Å²) in [4.78, 5) is 35.0. The second-order valence-electron chi connectivity index (χ2n) is 5.14. The van der Waals surface area contributed by atoms with Gasteiger partial charge >= 0.3 is 43.7 Å². The first-order valence-electron chi connectivity index (χ1n) is 7.36. The third kappa shape index (κ3) is 6.94. The molecule has 1 N–H and O–H groups in total. The van der Waals surface area contributed by atoms with Gasteiger partial charge in [0.15, 0.2) is 0 Å². The molecule has 1 rings (SSSR count). The zero-order valence-electron chi connectivity index (χ0n) is 12.0. The van der Waals surface area contributed by atoms with Crippen LogP contribution in [0.1, 0.15) is 58.3 Å². The number of hydrogen-bond donors (Lipinski definition) is 1. The van der Waals surface area contributed by atoms with Gasteiger partial charge < -0.3 is 5.11 Å². The third-order valence-corrected chi connectivity index (χ3v) is 3.52. The van der Waals surface area contributed by atoms with Crippen molar-refractivity contribution in [1.82, 2.24) is 4.90 Å². The first-order chi connectivity index (χ1) is 9.57. The fourth-order valence-corrected chi connectivity index (χ4v) is 2.38. The van der Waals surface area contributed by atoms with Crippen molar-refractivity contribution in [2.24, 2.45) is 0 Å². The van der Waals surface area contributed by atoms with E-state index in [1.807, 2.05) is 0 Å². The fourth-order valence-electron chi connectivity index (χ4n) is 2.38. The van der Waals surface area contributed by atoms with Crippen molar-refractivity contribution >= 4 is 55.5 Å². The Hall–Kier alpha value is -0.390. The number of carboxylic acids is 1. The van der Waals surface area contributed by atoms with Crippen molar-refractivity contribution in [3.05, 3.63) is 12.2 Å². The van der Waals surface area contributed by atoms with Gasteiger partial charge in [-0.25, -0.2) is 4.79 Å². The van der Waals surface area contributed by atoms with Crippen molar-refractivity contribution in [3.63, 3.8) is 0 Å². The number of aliphatic carboxylic acids is 1. The van der Waals surface area contributed by atoms with Gasteiger partial charge in [0.1, 0.15) is 6.04 Å². The van der Waals surface area contributed by atoms with Crippen molar-refractivity contribution < 1.29 is 19.5 Å². The van der Waals surface area contributed by atoms with E-state index in [0.29, 0.717) is 6.42 Å². The predicted octanol–water partition coefficient (Wildman–Crippen LogP) is 1.59. The third-order valence-electron chi connectivity index (χ3n) is 3.52. The Bertz CT molecular complexity index is 377. The SMILES string of the molecule is CCCCCCCCCC(C(=O)O)N1C(=O)C=CC1=O.[CaH2]. The van der Waals surface area contributed by atoms with Crippen LogP contribution in [-0.4, -0.2) is 71.6 Å². The first kappa shape index (κ1) is 20.6. The summed E-state index contributed by atoms with van der Waals surface area (Å²) >= 11 is 0. The van der Waals surface area contributed by atoms with Crippen LogP contribution in [0, 0.1) is 0 Å². The molecule has 21 heavy (non-hydrogen) atoms. The van der Waals surface area contributed by atoms with Gasteiger partial charge in [-0.3, -0.25) is 14.5 Å². The van der Waals surface area contributed by atoms with E-state index in [9.17, 15) is 14.4 Å². The summed E-state index contributed by atoms with van der Waals surface area (Å²) < 4.78 is 0. The molecule has 2 amide bonds. The second-order valence-corrected chi connectivity index (χ2v) is 5.14. The number of nitrogens with zero attached hydrogens (tertiary/aromatic N) is 1. The molecule has 0 aromatic heterocycles. The fraction of sp³-hybridized carbons (Fsp3) is 0.667. The van der Waals surface area contributed by atoms with Gasteiger partial charge in [0.2, 0.25) is 0 Å². The molecule has 116 valence electrons. The number of amides is 2. The zero-order chi connectivity index (χ0) is 15.0. The standard InChI is InChI=1S/C15H23NO4.Ca.2H/c1-2-3-4-5-6-7-8-9-12(15(19)20)16-13(17)10-11-14(16)18;;;/h10-12H,2-9H2,1H3,(H,19,20);;;. The molecule has 1 heterocycles. The van der Waals surface area contributed by atoms with E-state index in [0.717, 1.165) is 42.7 Å². The summed E-state index contributed by atoms with van der Waals surface area (Å²) in [6.07, 6.45) is 10.1. The molecule has 1 unspecified atom stereocenters. The number of rotatable bonds is 10. The monoisotopic (exact) mass is 323 g/mol. The molecule has 5 nitrogen and oxygen atoms in total. The number of carbonyl (C=O) groups excluding carboxylic acids is 2. The number of hydrogen-bond acceptors (Lipinski definition) is 3. The van der Waals surface area contributed by atoms with Gasteiger partial charge in [-0.05, 0) is 6.42 Å². The van der Waals surface area contributed by atoms with Crippen LogP contribution in [0.2, 0.25) is 0 Å². The summed E-state index contributed by atoms with van der Waals surface area (Å²) in [6, 6.07) is -1.03. The van der Waals surface area contributed by atoms with Gasteiger partial charge in [-0.1, -0.05) is 51.9 Å². The van der Waals surface area contributed by atoms with Crippen LogP contribution in [0.15, 0.2) is 12.2 Å². The Morgan fingerprint density at radius 3 is 2.00 bits per heavy atom. The molecule has 0 aromatic rings. The van der Waals surface area contributed by atoms with E-state index >= 15 is 0 Å². The molecule has 0 saturated heterocycles. The number of carbonyl (C=O) groups is 3. The van der Waals surface area contributed by atoms with E-state index in [4.69, 9.17) is 5.11 Å². The van der Waals surface area contributed by atoms with Crippen molar-refractivity contribution in [1.29, 1.82) is 0 Å². The number of unbranched alkanes of at least 4 members (excludes halogenated alkanes) is 6. The average molecular weight is 323 g/mol. The Kier molecular flexibility index (Phi) is 11.0. The molecule has 0 aliphatic carbocycles. The predicted molar refractivity (Wildman–Crippen MR) is 83.6 cm³/mol. The van der Waals surface area contributed by atoms with Gasteiger partial charge in [-0.15, -0.1) is 0 Å². The van der Waals surface area contributed by atoms with Crippen LogP contribution in [0.3, 0.4) is 0 Å². The summed E-state index contributed by atoms with van der Waals surface area (Å²) in [5.74, 6) is -2.16. The molecule has 1 atom stereocenters. The molecule has 0 radical (unpaired) electrons. The summed E-state index contributed by atoms with van der Waals surface area (Å²) in [5, 5.41) is 9.17. The molecule has 6 heteroatoms. The van der Waals surface area contributed by atoms with Gasteiger partial charge in [0.05, 0.1) is 0 Å². The number of imide groups is 1. The van der Waals surface area contributed by atoms with Crippen LogP contribution in [0.4, 0.5) is 0 Å². The molecule has 1 aliphatic rings. The number of carboxylic acid groups (broad SMARTS) is 1. The van der Waals surface area contributed by atoms with E-state index in [2.05, 4.69) is 6.92 Å². The van der Waals surface area contributed by atoms with Crippen LogP contribution in [0.5, 0.6) is 0 Å². The topological polar surface area (TPSA) is 74.7 Å². The van der Waals surface area contributed by atoms with Gasteiger partial charge in [0.25, 0.3) is 11.8 Å². The minimum absolute atomic E-state index is 0. The van der Waals surface area contributed by atoms with E-state index in [-0.39, 0.29) is 37.7 Å². The minimum atomic E-state index is -1.11. The van der Waals surface area contributed by atoms with Gasteiger partial charge in [0, 0.05) is 12.2 Å². The molecule has 0 saturated carbocycles. The normalized spacial score (nSPS) is 15.2. The molecular weight excluding hydrogens is 298 g/mol. The van der Waals surface area contributed by atoms with Crippen LogP contribution < -0.4 is 0 Å². The van der Waals surface area contributed by atoms with Gasteiger partial charge in [-0.2, -0.15) is 0 Å². The van der Waals surface area contributed by atoms with Crippen LogP contribution in [-0.2, 0) is 14.4 Å². The zero-order valence-corrected chi connectivity index (χ0v) is 12.0. The molecule has 1 aliphatic heterocycles. The quantitative estimate of drug-likeness (QED) is 0.376. The van der Waals surface area contributed by atoms with Crippen LogP contribution in [0.25, 0.3) is 0 Å². The summed E-state index contributed by atoms with van der Waals surface area (Å²) in [6.45, 7) is 2.16. The average Bonchev–Trinajstić information content (AvgIpc) is 2.73. The van der Waals surface area contributed by atoms with Crippen LogP contribution >= 0.6 is 0 Å². The Balaban J connectivity index is 0.00000400. The Labute approximate surface area is 155 Å². The van der Waals surface area contributed by atoms with E-state index < -0.39 is 23.8 Å². The molecule has 0 spiro atoms. The molecular formula is C15H25CaNO4. The molecule has 0 aromatic carbocycles. The van der Waals surface area contributed by atoms with Crippen molar-refractivity contribution in [3.8, 4) is 0 Å². The van der Waals surface area contributed by atoms with Crippen molar-refractivity contribution in [2.45, 2.75) is 64.3 Å². The maximum absolute atomic E-state index is 11.5.